The molecule has 0 aromatic heterocycles. The monoisotopic (exact) mass is 340 g/mol. The van der Waals surface area contributed by atoms with Crippen LogP contribution >= 0.6 is 12.4 Å². The number of para-hydroxylation sites is 2. The largest absolute Gasteiger partial charge is 0.486 e. The van der Waals surface area contributed by atoms with Gasteiger partial charge in [-0.1, -0.05) is 12.1 Å². The van der Waals surface area contributed by atoms with Gasteiger partial charge >= 0.3 is 0 Å². The molecule has 2 aliphatic rings. The molecular weight excluding hydrogens is 316 g/mol. The van der Waals surface area contributed by atoms with Crippen LogP contribution in [0.3, 0.4) is 0 Å². The highest BCUT2D eigenvalue weighted by atomic mass is 35.5. The number of nitrogens with one attached hydrogen (secondary N) is 1. The second-order valence-corrected chi connectivity index (χ2v) is 5.92. The van der Waals surface area contributed by atoms with Gasteiger partial charge in [0.1, 0.15) is 6.61 Å². The number of nitrogens with zero attached hydrogens (tertiary/aromatic N) is 1. The van der Waals surface area contributed by atoms with Crippen molar-refractivity contribution in [1.29, 1.82) is 0 Å². The highest BCUT2D eigenvalue weighted by Crippen LogP contribution is 2.31. The number of fused-ring (bicyclic) bond motifs is 1. The number of piperidine rings is 1. The van der Waals surface area contributed by atoms with E-state index in [-0.39, 0.29) is 30.3 Å². The standard InChI is InChI=1S/C17H24N2O3.ClH/c1-2-19(17(20)13-6-5-9-18-10-13)11-14-12-21-15-7-3-4-8-16(15)22-14;/h3-4,7-8,13-14,18H,2,5-6,9-12H2,1H3;1H/t13-,14?;/m1./s1. The lowest BCUT2D eigenvalue weighted by atomic mass is 9.98. The number of rotatable bonds is 4. The average molecular weight is 341 g/mol. The summed E-state index contributed by atoms with van der Waals surface area (Å²) in [4.78, 5) is 14.5. The summed E-state index contributed by atoms with van der Waals surface area (Å²) in [6.45, 7) is 5.61. The Labute approximate surface area is 143 Å². The first-order valence-electron chi connectivity index (χ1n) is 8.16. The summed E-state index contributed by atoms with van der Waals surface area (Å²) in [6, 6.07) is 7.67. The van der Waals surface area contributed by atoms with Gasteiger partial charge in [0, 0.05) is 13.1 Å². The first-order chi connectivity index (χ1) is 10.8. The molecule has 128 valence electrons. The van der Waals surface area contributed by atoms with Gasteiger partial charge in [-0.25, -0.2) is 0 Å². The van der Waals surface area contributed by atoms with Crippen LogP contribution in [-0.4, -0.2) is 49.7 Å². The van der Waals surface area contributed by atoms with Crippen molar-refractivity contribution in [3.05, 3.63) is 24.3 Å². The van der Waals surface area contributed by atoms with Gasteiger partial charge in [-0.2, -0.15) is 0 Å². The summed E-state index contributed by atoms with van der Waals surface area (Å²) >= 11 is 0. The molecule has 2 atom stereocenters. The Morgan fingerprint density at radius 2 is 2.13 bits per heavy atom. The zero-order chi connectivity index (χ0) is 15.4. The molecule has 2 aliphatic heterocycles. The van der Waals surface area contributed by atoms with Crippen molar-refractivity contribution in [3.8, 4) is 11.5 Å². The second-order valence-electron chi connectivity index (χ2n) is 5.92. The molecule has 0 spiro atoms. The number of likely N-dealkylation sites (N-methyl/N-ethyl adjacent to an activating group) is 1. The van der Waals surface area contributed by atoms with Crippen LogP contribution < -0.4 is 14.8 Å². The molecule has 0 saturated carbocycles. The highest BCUT2D eigenvalue weighted by molar-refractivity contribution is 5.85. The smallest absolute Gasteiger partial charge is 0.227 e. The minimum absolute atomic E-state index is 0. The Morgan fingerprint density at radius 3 is 2.83 bits per heavy atom. The lowest BCUT2D eigenvalue weighted by Gasteiger charge is -2.33. The first kappa shape index (κ1) is 17.9. The minimum atomic E-state index is -0.102. The van der Waals surface area contributed by atoms with Crippen molar-refractivity contribution >= 4 is 18.3 Å². The van der Waals surface area contributed by atoms with Crippen molar-refractivity contribution in [2.24, 2.45) is 5.92 Å². The molecule has 0 bridgehead atoms. The van der Waals surface area contributed by atoms with Crippen LogP contribution in [0.15, 0.2) is 24.3 Å². The Balaban J connectivity index is 0.00000192. The van der Waals surface area contributed by atoms with Crippen LogP contribution in [0.2, 0.25) is 0 Å². The lowest BCUT2D eigenvalue weighted by molar-refractivity contribution is -0.137. The van der Waals surface area contributed by atoms with E-state index in [0.29, 0.717) is 19.7 Å². The molecule has 23 heavy (non-hydrogen) atoms. The number of carbonyl (C=O) groups is 1. The molecule has 3 rings (SSSR count). The number of amides is 1. The van der Waals surface area contributed by atoms with E-state index in [2.05, 4.69) is 5.32 Å². The Kier molecular flexibility index (Phi) is 6.54. The van der Waals surface area contributed by atoms with Gasteiger partial charge in [0.25, 0.3) is 0 Å². The summed E-state index contributed by atoms with van der Waals surface area (Å²) < 4.78 is 11.7. The normalized spacial score (nSPS) is 22.8. The fourth-order valence-corrected chi connectivity index (χ4v) is 3.09. The van der Waals surface area contributed by atoms with E-state index in [1.807, 2.05) is 36.1 Å². The van der Waals surface area contributed by atoms with Gasteiger partial charge in [0.15, 0.2) is 17.6 Å². The van der Waals surface area contributed by atoms with E-state index in [1.165, 1.54) is 0 Å². The fraction of sp³-hybridized carbons (Fsp3) is 0.588. The average Bonchev–Trinajstić information content (AvgIpc) is 2.59. The molecule has 6 heteroatoms. The van der Waals surface area contributed by atoms with Crippen LogP contribution in [0.25, 0.3) is 0 Å². The summed E-state index contributed by atoms with van der Waals surface area (Å²) in [6.07, 6.45) is 1.95. The summed E-state index contributed by atoms with van der Waals surface area (Å²) in [5, 5.41) is 3.31. The van der Waals surface area contributed by atoms with Crippen LogP contribution in [0.1, 0.15) is 19.8 Å². The number of carbonyl (C=O) groups excluding carboxylic acids is 1. The number of hydrogen-bond acceptors (Lipinski definition) is 4. The van der Waals surface area contributed by atoms with Gasteiger partial charge in [-0.3, -0.25) is 4.79 Å². The van der Waals surface area contributed by atoms with Gasteiger partial charge < -0.3 is 19.7 Å². The Hall–Kier alpha value is -1.46. The van der Waals surface area contributed by atoms with Crippen molar-refractivity contribution in [2.45, 2.75) is 25.9 Å². The van der Waals surface area contributed by atoms with E-state index in [0.717, 1.165) is 37.4 Å². The SMILES string of the molecule is CCN(CC1COc2ccccc2O1)C(=O)[C@@H]1CCCNC1.Cl. The zero-order valence-electron chi connectivity index (χ0n) is 13.5. The zero-order valence-corrected chi connectivity index (χ0v) is 14.3. The molecule has 1 N–H and O–H groups in total. The molecule has 5 nitrogen and oxygen atoms in total. The molecule has 1 saturated heterocycles. The molecule has 0 radical (unpaired) electrons. The third-order valence-corrected chi connectivity index (χ3v) is 4.33. The third kappa shape index (κ3) is 4.30. The topological polar surface area (TPSA) is 50.8 Å². The summed E-state index contributed by atoms with van der Waals surface area (Å²) in [5.74, 6) is 1.88. The van der Waals surface area contributed by atoms with Gasteiger partial charge in [-0.15, -0.1) is 12.4 Å². The fourth-order valence-electron chi connectivity index (χ4n) is 3.09. The van der Waals surface area contributed by atoms with Crippen molar-refractivity contribution in [1.82, 2.24) is 10.2 Å². The molecule has 1 aromatic rings. The maximum absolute atomic E-state index is 12.6. The van der Waals surface area contributed by atoms with Gasteiger partial charge in [-0.05, 0) is 38.4 Å². The predicted octanol–water partition coefficient (Wildman–Crippen LogP) is 2.10. The number of halogens is 1. The van der Waals surface area contributed by atoms with Crippen molar-refractivity contribution < 1.29 is 14.3 Å². The Morgan fingerprint density at radius 1 is 1.35 bits per heavy atom. The number of benzene rings is 1. The molecular formula is C17H25ClN2O3. The maximum Gasteiger partial charge on any atom is 0.227 e. The quantitative estimate of drug-likeness (QED) is 0.912. The van der Waals surface area contributed by atoms with Crippen LogP contribution in [0.5, 0.6) is 11.5 Å². The van der Waals surface area contributed by atoms with Crippen LogP contribution in [0, 0.1) is 5.92 Å². The third-order valence-electron chi connectivity index (χ3n) is 4.33. The lowest BCUT2D eigenvalue weighted by Crippen LogP contribution is -2.48. The van der Waals surface area contributed by atoms with E-state index in [9.17, 15) is 4.79 Å². The van der Waals surface area contributed by atoms with E-state index in [4.69, 9.17) is 9.47 Å². The van der Waals surface area contributed by atoms with Crippen LogP contribution in [0.4, 0.5) is 0 Å². The van der Waals surface area contributed by atoms with E-state index >= 15 is 0 Å². The molecule has 0 aliphatic carbocycles. The summed E-state index contributed by atoms with van der Waals surface area (Å²) in [7, 11) is 0. The van der Waals surface area contributed by atoms with Crippen LogP contribution in [-0.2, 0) is 4.79 Å². The molecule has 1 unspecified atom stereocenters. The molecule has 1 aromatic carbocycles. The van der Waals surface area contributed by atoms with E-state index in [1.54, 1.807) is 0 Å². The van der Waals surface area contributed by atoms with Crippen molar-refractivity contribution in [3.63, 3.8) is 0 Å². The van der Waals surface area contributed by atoms with E-state index < -0.39 is 0 Å². The maximum atomic E-state index is 12.6. The predicted molar refractivity (Wildman–Crippen MR) is 91.4 cm³/mol. The summed E-state index contributed by atoms with van der Waals surface area (Å²) in [5.41, 5.74) is 0. The first-order valence-corrected chi connectivity index (χ1v) is 8.16. The molecule has 1 fully saturated rings. The number of hydrogen-bond donors (Lipinski definition) is 1. The molecule has 2 heterocycles. The van der Waals surface area contributed by atoms with Gasteiger partial charge in [0.2, 0.25) is 5.91 Å². The highest BCUT2D eigenvalue weighted by Gasteiger charge is 2.29. The van der Waals surface area contributed by atoms with Crippen molar-refractivity contribution in [2.75, 3.05) is 32.8 Å². The second kappa shape index (κ2) is 8.41. The van der Waals surface area contributed by atoms with Gasteiger partial charge in [0.05, 0.1) is 12.5 Å². The minimum Gasteiger partial charge on any atom is -0.486 e. The molecule has 1 amide bonds. The Bertz CT molecular complexity index is 520. The number of ether oxygens (including phenoxy) is 2.